The number of H-pyrrole nitrogens is 1. The molecule has 1 aromatic carbocycles. The third kappa shape index (κ3) is 3.76. The van der Waals surface area contributed by atoms with Crippen molar-refractivity contribution in [2.75, 3.05) is 0 Å². The van der Waals surface area contributed by atoms with E-state index in [1.807, 2.05) is 49.5 Å². The second-order valence-electron chi connectivity index (χ2n) is 7.39. The minimum Gasteiger partial charge on any atom is -0.349 e. The number of carbonyl (C=O) groups excluding carboxylic acids is 1. The Balaban J connectivity index is 1.49. The summed E-state index contributed by atoms with van der Waals surface area (Å²) in [7, 11) is 0. The molecule has 0 radical (unpaired) electrons. The average molecular weight is 376 g/mol. The van der Waals surface area contributed by atoms with Crippen molar-refractivity contribution in [1.29, 1.82) is 0 Å². The van der Waals surface area contributed by atoms with E-state index >= 15 is 0 Å². The summed E-state index contributed by atoms with van der Waals surface area (Å²) >= 11 is 0. The number of hydrogen-bond donors (Lipinski definition) is 2. The molecule has 1 amide bonds. The summed E-state index contributed by atoms with van der Waals surface area (Å²) in [6.07, 6.45) is 6.82. The van der Waals surface area contributed by atoms with Crippen LogP contribution in [-0.2, 0) is 25.8 Å². The van der Waals surface area contributed by atoms with Gasteiger partial charge in [-0.05, 0) is 48.9 Å². The Morgan fingerprint density at radius 1 is 1.29 bits per heavy atom. The van der Waals surface area contributed by atoms with E-state index in [0.717, 1.165) is 31.4 Å². The van der Waals surface area contributed by atoms with Crippen LogP contribution in [0.2, 0.25) is 0 Å². The first-order valence-corrected chi connectivity index (χ1v) is 9.68. The van der Waals surface area contributed by atoms with Crippen molar-refractivity contribution in [3.8, 4) is 0 Å². The van der Waals surface area contributed by atoms with Gasteiger partial charge in [0.05, 0.1) is 6.20 Å². The van der Waals surface area contributed by atoms with E-state index in [2.05, 4.69) is 15.5 Å². The Morgan fingerprint density at radius 2 is 2.11 bits per heavy atom. The molecule has 0 aliphatic heterocycles. The lowest BCUT2D eigenvalue weighted by Gasteiger charge is -2.23. The van der Waals surface area contributed by atoms with Crippen molar-refractivity contribution in [1.82, 2.24) is 20.1 Å². The highest BCUT2D eigenvalue weighted by atomic mass is 16.2. The number of aromatic amines is 1. The van der Waals surface area contributed by atoms with Gasteiger partial charge < -0.3 is 9.88 Å². The molecule has 1 unspecified atom stereocenters. The number of nitrogens with one attached hydrogen (secondary N) is 2. The Morgan fingerprint density at radius 3 is 2.93 bits per heavy atom. The van der Waals surface area contributed by atoms with Crippen molar-refractivity contribution in [3.05, 3.63) is 87.1 Å². The molecule has 0 spiro atoms. The minimum atomic E-state index is -0.287. The molecule has 0 saturated heterocycles. The van der Waals surface area contributed by atoms with Crippen LogP contribution in [0.5, 0.6) is 0 Å². The maximum atomic E-state index is 12.9. The molecule has 0 bridgehead atoms. The average Bonchev–Trinajstić information content (AvgIpc) is 3.16. The van der Waals surface area contributed by atoms with Crippen LogP contribution < -0.4 is 10.9 Å². The van der Waals surface area contributed by atoms with Crippen molar-refractivity contribution in [3.63, 3.8) is 0 Å². The van der Waals surface area contributed by atoms with E-state index in [1.54, 1.807) is 10.8 Å². The molecule has 6 heteroatoms. The maximum Gasteiger partial charge on any atom is 0.263 e. The number of pyridine rings is 1. The van der Waals surface area contributed by atoms with Gasteiger partial charge in [-0.15, -0.1) is 0 Å². The number of hydrogen-bond acceptors (Lipinski definition) is 3. The summed E-state index contributed by atoms with van der Waals surface area (Å²) < 4.78 is 1.63. The molecule has 1 aliphatic carbocycles. The maximum absolute atomic E-state index is 12.9. The predicted octanol–water partition coefficient (Wildman–Crippen LogP) is 2.41. The van der Waals surface area contributed by atoms with Gasteiger partial charge in [0, 0.05) is 30.9 Å². The third-order valence-corrected chi connectivity index (χ3v) is 5.44. The third-order valence-electron chi connectivity index (χ3n) is 5.44. The normalized spacial score (nSPS) is 15.8. The van der Waals surface area contributed by atoms with Crippen molar-refractivity contribution in [2.45, 2.75) is 45.2 Å². The zero-order valence-corrected chi connectivity index (χ0v) is 15.9. The predicted molar refractivity (Wildman–Crippen MR) is 107 cm³/mol. The van der Waals surface area contributed by atoms with Crippen LogP contribution in [0.4, 0.5) is 0 Å². The van der Waals surface area contributed by atoms with Gasteiger partial charge in [-0.25, -0.2) is 0 Å². The Bertz CT molecular complexity index is 1040. The van der Waals surface area contributed by atoms with Crippen molar-refractivity contribution < 1.29 is 4.79 Å². The standard InChI is InChI=1S/C22H24N4O2/c1-15-9-11-26(12-10-16-5-3-2-4-6-16)22(28)20(15)21(27)24-18-8-7-17-14-23-25-19(17)13-18/h2-6,9,11,14,18H,7-8,10,12-13H2,1H3,(H,23,25)(H,24,27). The highest BCUT2D eigenvalue weighted by Gasteiger charge is 2.24. The molecule has 1 atom stereocenters. The van der Waals surface area contributed by atoms with Crippen LogP contribution in [0, 0.1) is 6.92 Å². The number of aromatic nitrogens is 3. The van der Waals surface area contributed by atoms with Crippen molar-refractivity contribution >= 4 is 5.91 Å². The molecule has 6 nitrogen and oxygen atoms in total. The minimum absolute atomic E-state index is 0.0113. The summed E-state index contributed by atoms with van der Waals surface area (Å²) in [5, 5.41) is 10.1. The van der Waals surface area contributed by atoms with Gasteiger partial charge in [-0.3, -0.25) is 14.7 Å². The lowest BCUT2D eigenvalue weighted by atomic mass is 9.93. The lowest BCUT2D eigenvalue weighted by molar-refractivity contribution is 0.0930. The number of nitrogens with zero attached hydrogens (tertiary/aromatic N) is 2. The fraction of sp³-hybridized carbons (Fsp3) is 0.318. The van der Waals surface area contributed by atoms with Gasteiger partial charge in [-0.2, -0.15) is 5.10 Å². The lowest BCUT2D eigenvalue weighted by Crippen LogP contribution is -2.42. The summed E-state index contributed by atoms with van der Waals surface area (Å²) in [5.41, 5.74) is 4.17. The van der Waals surface area contributed by atoms with E-state index in [4.69, 9.17) is 0 Å². The fourth-order valence-corrected chi connectivity index (χ4v) is 3.80. The van der Waals surface area contributed by atoms with Crippen LogP contribution in [0.15, 0.2) is 53.6 Å². The summed E-state index contributed by atoms with van der Waals surface area (Å²) in [6, 6.07) is 11.9. The molecule has 3 aromatic rings. The van der Waals surface area contributed by atoms with E-state index in [-0.39, 0.29) is 23.1 Å². The van der Waals surface area contributed by atoms with Gasteiger partial charge in [0.2, 0.25) is 0 Å². The first-order valence-electron chi connectivity index (χ1n) is 9.68. The Kier molecular flexibility index (Phi) is 5.10. The summed E-state index contributed by atoms with van der Waals surface area (Å²) in [5.74, 6) is -0.287. The largest absolute Gasteiger partial charge is 0.349 e. The van der Waals surface area contributed by atoms with Crippen LogP contribution >= 0.6 is 0 Å². The number of aryl methyl sites for hydroxylation is 4. The molecule has 0 saturated carbocycles. The highest BCUT2D eigenvalue weighted by Crippen LogP contribution is 2.19. The van der Waals surface area contributed by atoms with Crippen LogP contribution in [0.3, 0.4) is 0 Å². The van der Waals surface area contributed by atoms with Crippen LogP contribution in [0.1, 0.15) is 39.2 Å². The molecular formula is C22H24N4O2. The Labute approximate surface area is 163 Å². The monoisotopic (exact) mass is 376 g/mol. The zero-order valence-electron chi connectivity index (χ0n) is 15.9. The quantitative estimate of drug-likeness (QED) is 0.718. The number of fused-ring (bicyclic) bond motifs is 1. The highest BCUT2D eigenvalue weighted by molar-refractivity contribution is 5.95. The number of carbonyl (C=O) groups is 1. The van der Waals surface area contributed by atoms with E-state index in [9.17, 15) is 9.59 Å². The second-order valence-corrected chi connectivity index (χ2v) is 7.39. The molecule has 0 fully saturated rings. The summed E-state index contributed by atoms with van der Waals surface area (Å²) in [4.78, 5) is 25.8. The van der Waals surface area contributed by atoms with Gasteiger partial charge in [-0.1, -0.05) is 30.3 Å². The SMILES string of the molecule is Cc1ccn(CCc2ccccc2)c(=O)c1C(=O)NC1CCc2cn[nH]c2C1. The molecule has 2 aromatic heterocycles. The van der Waals surface area contributed by atoms with Crippen LogP contribution in [-0.4, -0.2) is 26.7 Å². The van der Waals surface area contributed by atoms with Crippen molar-refractivity contribution in [2.24, 2.45) is 0 Å². The molecule has 1 aliphatic rings. The first kappa shape index (κ1) is 18.2. The summed E-state index contributed by atoms with van der Waals surface area (Å²) in [6.45, 7) is 2.36. The van der Waals surface area contributed by atoms with E-state index < -0.39 is 0 Å². The van der Waals surface area contributed by atoms with E-state index in [1.165, 1.54) is 11.1 Å². The molecule has 144 valence electrons. The molecular weight excluding hydrogens is 352 g/mol. The molecule has 28 heavy (non-hydrogen) atoms. The smallest absolute Gasteiger partial charge is 0.263 e. The number of rotatable bonds is 5. The Hall–Kier alpha value is -3.15. The molecule has 2 N–H and O–H groups in total. The van der Waals surface area contributed by atoms with Crippen LogP contribution in [0.25, 0.3) is 0 Å². The number of benzene rings is 1. The van der Waals surface area contributed by atoms with Gasteiger partial charge in [0.15, 0.2) is 0 Å². The van der Waals surface area contributed by atoms with Gasteiger partial charge >= 0.3 is 0 Å². The van der Waals surface area contributed by atoms with Gasteiger partial charge in [0.25, 0.3) is 11.5 Å². The fourth-order valence-electron chi connectivity index (χ4n) is 3.80. The molecule has 2 heterocycles. The van der Waals surface area contributed by atoms with Gasteiger partial charge in [0.1, 0.15) is 5.56 Å². The zero-order chi connectivity index (χ0) is 19.5. The second kappa shape index (κ2) is 7.84. The molecule has 4 rings (SSSR count). The topological polar surface area (TPSA) is 79.8 Å². The van der Waals surface area contributed by atoms with E-state index in [0.29, 0.717) is 12.1 Å². The first-order chi connectivity index (χ1) is 13.6. The number of amides is 1.